The van der Waals surface area contributed by atoms with E-state index in [-0.39, 0.29) is 43.7 Å². The summed E-state index contributed by atoms with van der Waals surface area (Å²) in [6, 6.07) is 4.77. The number of hydrogen-bond donors (Lipinski definition) is 2. The standard InChI is InChI=1S/C31H36ClF3N4O3/c1-29(2)21-13-19(14-22(21)29)38(12-9-17-15-36-24-6-4-5-23(32)25(17)24)27(40)20-16-37-39(26(20)31(33,34)35)18-7-10-30(3,11-8-18)28(41)42/h4-6,15-16,18-19,21-22,36H,7-14H2,1-3H3,(H,41,42)/t18?,19-,21+,22-,30?. The highest BCUT2D eigenvalue weighted by Gasteiger charge is 2.63. The van der Waals surface area contributed by atoms with E-state index in [4.69, 9.17) is 11.6 Å². The number of carboxylic acids is 1. The molecule has 3 saturated carbocycles. The maximum Gasteiger partial charge on any atom is 0.433 e. The van der Waals surface area contributed by atoms with Gasteiger partial charge in [-0.1, -0.05) is 31.5 Å². The van der Waals surface area contributed by atoms with Crippen molar-refractivity contribution in [2.75, 3.05) is 6.54 Å². The molecule has 11 heteroatoms. The molecule has 2 aromatic heterocycles. The molecule has 2 heterocycles. The first-order chi connectivity index (χ1) is 19.7. The van der Waals surface area contributed by atoms with Gasteiger partial charge in [0.05, 0.1) is 28.2 Å². The maximum atomic E-state index is 14.6. The van der Waals surface area contributed by atoms with Crippen LogP contribution in [0.2, 0.25) is 5.02 Å². The molecule has 3 aliphatic rings. The first-order valence-electron chi connectivity index (χ1n) is 14.7. The van der Waals surface area contributed by atoms with Gasteiger partial charge in [-0.2, -0.15) is 18.3 Å². The third kappa shape index (κ3) is 4.79. The first-order valence-corrected chi connectivity index (χ1v) is 15.0. The molecule has 3 aromatic rings. The second-order valence-electron chi connectivity index (χ2n) is 13.3. The number of halogens is 4. The van der Waals surface area contributed by atoms with Gasteiger partial charge in [0.15, 0.2) is 5.69 Å². The SMILES string of the molecule is CC1(C(=O)O)CCC(n2ncc(C(=O)N(CCc3c[nH]c4cccc(Cl)c34)[C@H]3C[C@@H]4[C@H](C3)C4(C)C)c2C(F)(F)F)CC1. The van der Waals surface area contributed by atoms with Gasteiger partial charge < -0.3 is 15.0 Å². The van der Waals surface area contributed by atoms with Gasteiger partial charge in [0.25, 0.3) is 5.91 Å². The van der Waals surface area contributed by atoms with Crippen LogP contribution in [-0.4, -0.2) is 49.2 Å². The van der Waals surface area contributed by atoms with Gasteiger partial charge in [-0.3, -0.25) is 14.3 Å². The Morgan fingerprint density at radius 1 is 1.17 bits per heavy atom. The van der Waals surface area contributed by atoms with Gasteiger partial charge in [-0.25, -0.2) is 0 Å². The van der Waals surface area contributed by atoms with Crippen LogP contribution in [-0.2, 0) is 17.4 Å². The van der Waals surface area contributed by atoms with Crippen LogP contribution >= 0.6 is 11.6 Å². The number of carbonyl (C=O) groups is 2. The molecule has 0 radical (unpaired) electrons. The van der Waals surface area contributed by atoms with Gasteiger partial charge >= 0.3 is 12.1 Å². The van der Waals surface area contributed by atoms with Crippen LogP contribution in [0, 0.1) is 22.7 Å². The Labute approximate surface area is 247 Å². The van der Waals surface area contributed by atoms with Crippen LogP contribution in [0.5, 0.6) is 0 Å². The Morgan fingerprint density at radius 2 is 1.83 bits per heavy atom. The monoisotopic (exact) mass is 604 g/mol. The van der Waals surface area contributed by atoms with Crippen molar-refractivity contribution in [2.45, 2.75) is 84.0 Å². The highest BCUT2D eigenvalue weighted by atomic mass is 35.5. The summed E-state index contributed by atoms with van der Waals surface area (Å²) in [6.45, 7) is 6.30. The predicted molar refractivity (Wildman–Crippen MR) is 152 cm³/mol. The van der Waals surface area contributed by atoms with Crippen molar-refractivity contribution in [1.29, 1.82) is 0 Å². The molecule has 226 valence electrons. The van der Waals surface area contributed by atoms with Crippen molar-refractivity contribution in [3.63, 3.8) is 0 Å². The Kier molecular flexibility index (Phi) is 6.94. The molecule has 0 saturated heterocycles. The zero-order valence-electron chi connectivity index (χ0n) is 24.0. The summed E-state index contributed by atoms with van der Waals surface area (Å²) in [5.41, 5.74) is -0.479. The summed E-state index contributed by atoms with van der Waals surface area (Å²) >= 11 is 6.47. The fourth-order valence-electron chi connectivity index (χ4n) is 7.76. The fourth-order valence-corrected chi connectivity index (χ4v) is 8.05. The van der Waals surface area contributed by atoms with Crippen molar-refractivity contribution in [3.8, 4) is 0 Å². The van der Waals surface area contributed by atoms with Gasteiger partial charge in [-0.05, 0) is 86.8 Å². The number of carbonyl (C=O) groups excluding carboxylic acids is 1. The van der Waals surface area contributed by atoms with E-state index in [1.807, 2.05) is 18.3 Å². The minimum Gasteiger partial charge on any atom is -0.481 e. The summed E-state index contributed by atoms with van der Waals surface area (Å²) in [6.07, 6.45) is 1.06. The molecular weight excluding hydrogens is 569 g/mol. The molecule has 0 aliphatic heterocycles. The largest absolute Gasteiger partial charge is 0.481 e. The summed E-state index contributed by atoms with van der Waals surface area (Å²) in [7, 11) is 0. The van der Waals surface area contributed by atoms with Crippen molar-refractivity contribution >= 4 is 34.4 Å². The summed E-state index contributed by atoms with van der Waals surface area (Å²) in [5, 5.41) is 15.1. The zero-order valence-corrected chi connectivity index (χ0v) is 24.7. The lowest BCUT2D eigenvalue weighted by Gasteiger charge is -2.35. The predicted octanol–water partition coefficient (Wildman–Crippen LogP) is 7.36. The van der Waals surface area contributed by atoms with Crippen LogP contribution < -0.4 is 0 Å². The van der Waals surface area contributed by atoms with Gasteiger partial charge in [-0.15, -0.1) is 0 Å². The van der Waals surface area contributed by atoms with Crippen LogP contribution in [0.3, 0.4) is 0 Å². The highest BCUT2D eigenvalue weighted by Crippen LogP contribution is 2.67. The molecule has 0 unspecified atom stereocenters. The smallest absolute Gasteiger partial charge is 0.433 e. The van der Waals surface area contributed by atoms with E-state index < -0.39 is 40.8 Å². The number of benzene rings is 1. The van der Waals surface area contributed by atoms with Crippen molar-refractivity contribution in [3.05, 3.63) is 52.4 Å². The molecule has 1 aromatic carbocycles. The van der Waals surface area contributed by atoms with E-state index >= 15 is 0 Å². The number of aromatic nitrogens is 3. The molecule has 7 nitrogen and oxygen atoms in total. The van der Waals surface area contributed by atoms with Crippen LogP contribution in [0.4, 0.5) is 13.2 Å². The summed E-state index contributed by atoms with van der Waals surface area (Å²) in [4.78, 5) is 30.6. The first kappa shape index (κ1) is 29.1. The molecule has 6 rings (SSSR count). The molecule has 1 amide bonds. The van der Waals surface area contributed by atoms with E-state index in [0.29, 0.717) is 23.3 Å². The number of aromatic amines is 1. The Balaban J connectivity index is 1.30. The maximum absolute atomic E-state index is 14.6. The number of nitrogens with zero attached hydrogens (tertiary/aromatic N) is 3. The molecule has 3 aliphatic carbocycles. The Bertz CT molecular complexity index is 1520. The Morgan fingerprint density at radius 3 is 2.45 bits per heavy atom. The lowest BCUT2D eigenvalue weighted by atomic mass is 9.74. The number of aliphatic carboxylic acids is 1. The quantitative estimate of drug-likeness (QED) is 0.295. The van der Waals surface area contributed by atoms with E-state index in [2.05, 4.69) is 23.9 Å². The lowest BCUT2D eigenvalue weighted by molar-refractivity contribution is -0.152. The second-order valence-corrected chi connectivity index (χ2v) is 13.7. The van der Waals surface area contributed by atoms with Crippen LogP contribution in [0.15, 0.2) is 30.6 Å². The van der Waals surface area contributed by atoms with Gasteiger partial charge in [0.2, 0.25) is 0 Å². The van der Waals surface area contributed by atoms with Gasteiger partial charge in [0.1, 0.15) is 0 Å². The molecule has 3 atom stereocenters. The normalized spacial score (nSPS) is 28.5. The molecular formula is C31H36ClF3N4O3. The zero-order chi connectivity index (χ0) is 30.2. The highest BCUT2D eigenvalue weighted by molar-refractivity contribution is 6.35. The van der Waals surface area contributed by atoms with E-state index in [1.54, 1.807) is 17.9 Å². The van der Waals surface area contributed by atoms with Crippen molar-refractivity contribution in [2.24, 2.45) is 22.7 Å². The number of alkyl halides is 3. The topological polar surface area (TPSA) is 91.2 Å². The number of fused-ring (bicyclic) bond motifs is 2. The van der Waals surface area contributed by atoms with E-state index in [0.717, 1.165) is 40.2 Å². The number of rotatable bonds is 7. The average molecular weight is 605 g/mol. The molecule has 0 spiro atoms. The number of nitrogens with one attached hydrogen (secondary N) is 1. The van der Waals surface area contributed by atoms with Crippen LogP contribution in [0.1, 0.15) is 87.0 Å². The number of hydrogen-bond acceptors (Lipinski definition) is 3. The lowest BCUT2D eigenvalue weighted by Crippen LogP contribution is -2.42. The molecule has 2 N–H and O–H groups in total. The Hall–Kier alpha value is -3.01. The molecule has 3 fully saturated rings. The molecule has 0 bridgehead atoms. The van der Waals surface area contributed by atoms with E-state index in [9.17, 15) is 27.9 Å². The van der Waals surface area contributed by atoms with Crippen LogP contribution in [0.25, 0.3) is 10.9 Å². The summed E-state index contributed by atoms with van der Waals surface area (Å²) < 4.78 is 44.8. The number of carboxylic acid groups (broad SMARTS) is 1. The average Bonchev–Trinajstić information content (AvgIpc) is 3.48. The summed E-state index contributed by atoms with van der Waals surface area (Å²) in [5.74, 6) is -0.695. The minimum atomic E-state index is -4.80. The fraction of sp³-hybridized carbons (Fsp3) is 0.581. The number of amides is 1. The van der Waals surface area contributed by atoms with E-state index in [1.165, 1.54) is 0 Å². The van der Waals surface area contributed by atoms with Gasteiger partial charge in [0, 0.05) is 29.7 Å². The third-order valence-electron chi connectivity index (χ3n) is 10.6. The second kappa shape index (κ2) is 10.0. The molecule has 42 heavy (non-hydrogen) atoms. The minimum absolute atomic E-state index is 0.156. The third-order valence-corrected chi connectivity index (χ3v) is 10.9. The van der Waals surface area contributed by atoms with Crippen molar-refractivity contribution < 1.29 is 27.9 Å². The van der Waals surface area contributed by atoms with Crippen molar-refractivity contribution in [1.82, 2.24) is 19.7 Å². The number of H-pyrrole nitrogens is 1.